The van der Waals surface area contributed by atoms with Crippen molar-refractivity contribution >= 4 is 52.4 Å². The molecule has 0 radical (unpaired) electrons. The Balaban J connectivity index is 1.28. The number of hydrogen-bond donors (Lipinski definition) is 2. The summed E-state index contributed by atoms with van der Waals surface area (Å²) in [6.45, 7) is 5.44. The van der Waals surface area contributed by atoms with Crippen LogP contribution in [0, 0.1) is 6.92 Å². The molecule has 2 aromatic heterocycles. The van der Waals surface area contributed by atoms with Crippen molar-refractivity contribution < 1.29 is 9.53 Å². The average Bonchev–Trinajstić information content (AvgIpc) is 3.70. The van der Waals surface area contributed by atoms with Crippen molar-refractivity contribution in [2.75, 3.05) is 48.9 Å². The number of carbonyl (C=O) groups is 1. The minimum Gasteiger partial charge on any atom is -0.378 e. The molecule has 2 fully saturated rings. The lowest BCUT2D eigenvalue weighted by atomic mass is 10.1. The Bertz CT molecular complexity index is 1270. The van der Waals surface area contributed by atoms with Crippen molar-refractivity contribution in [1.82, 2.24) is 19.9 Å². The van der Waals surface area contributed by atoms with Crippen LogP contribution in [0.3, 0.4) is 0 Å². The maximum absolute atomic E-state index is 13.1. The van der Waals surface area contributed by atoms with Crippen molar-refractivity contribution in [1.29, 1.82) is 0 Å². The molecule has 0 spiro atoms. The first-order valence-electron chi connectivity index (χ1n) is 12.3. The molecule has 194 valence electrons. The minimum absolute atomic E-state index is 0.244. The summed E-state index contributed by atoms with van der Waals surface area (Å²) in [5, 5.41) is 6.73. The van der Waals surface area contributed by atoms with E-state index in [9.17, 15) is 4.79 Å². The molecule has 2 aliphatic rings. The molecule has 3 aromatic rings. The summed E-state index contributed by atoms with van der Waals surface area (Å²) < 4.78 is 5.42. The number of halogens is 2. The summed E-state index contributed by atoms with van der Waals surface area (Å²) >= 11 is 13.0. The van der Waals surface area contributed by atoms with Gasteiger partial charge in [-0.1, -0.05) is 23.2 Å². The SMILES string of the molecule is Cc1cc(Nc2cc(NC(=O)c3c(Cl)cc(CN(C)C4CC4)cc3Cl)ccn2)nc(N2CCOCC2)n1. The number of benzene rings is 1. The van der Waals surface area contributed by atoms with Gasteiger partial charge in [0, 0.05) is 55.4 Å². The molecule has 1 saturated heterocycles. The highest BCUT2D eigenvalue weighted by atomic mass is 35.5. The van der Waals surface area contributed by atoms with E-state index in [1.54, 1.807) is 18.3 Å². The van der Waals surface area contributed by atoms with E-state index >= 15 is 0 Å². The first-order valence-corrected chi connectivity index (χ1v) is 13.0. The normalized spacial score (nSPS) is 15.6. The largest absolute Gasteiger partial charge is 0.378 e. The van der Waals surface area contributed by atoms with Crippen molar-refractivity contribution in [3.63, 3.8) is 0 Å². The number of nitrogens with zero attached hydrogens (tertiary/aromatic N) is 5. The molecule has 0 unspecified atom stereocenters. The molecule has 5 rings (SSSR count). The van der Waals surface area contributed by atoms with Crippen LogP contribution in [0.2, 0.25) is 10.0 Å². The second kappa shape index (κ2) is 11.2. The fourth-order valence-corrected chi connectivity index (χ4v) is 4.99. The van der Waals surface area contributed by atoms with Gasteiger partial charge in [0.05, 0.1) is 28.8 Å². The number of hydrogen-bond acceptors (Lipinski definition) is 8. The van der Waals surface area contributed by atoms with Gasteiger partial charge in [-0.25, -0.2) is 9.97 Å². The zero-order valence-corrected chi connectivity index (χ0v) is 22.3. The van der Waals surface area contributed by atoms with Gasteiger partial charge in [-0.3, -0.25) is 9.69 Å². The highest BCUT2D eigenvalue weighted by molar-refractivity contribution is 6.40. The van der Waals surface area contributed by atoms with Crippen LogP contribution in [0.15, 0.2) is 36.5 Å². The molecule has 1 aromatic carbocycles. The van der Waals surface area contributed by atoms with E-state index in [4.69, 9.17) is 27.9 Å². The first-order chi connectivity index (χ1) is 17.9. The third-order valence-electron chi connectivity index (χ3n) is 6.34. The number of nitrogens with one attached hydrogen (secondary N) is 2. The zero-order chi connectivity index (χ0) is 25.9. The average molecular weight is 542 g/mol. The standard InChI is InChI=1S/C26H29Cl2N7O2/c1-16-11-23(33-26(30-16)35-7-9-37-10-8-35)32-22-14-18(5-6-29-22)31-25(36)24-20(27)12-17(13-21(24)28)15-34(2)19-3-4-19/h5-6,11-14,19H,3-4,7-10,15H2,1-2H3,(H2,29,30,31,32,33,36). The monoisotopic (exact) mass is 541 g/mol. The molecule has 1 aliphatic carbocycles. The van der Waals surface area contributed by atoms with Gasteiger partial charge < -0.3 is 20.3 Å². The zero-order valence-electron chi connectivity index (χ0n) is 20.8. The molecule has 9 nitrogen and oxygen atoms in total. The Labute approximate surface area is 226 Å². The predicted molar refractivity (Wildman–Crippen MR) is 146 cm³/mol. The maximum atomic E-state index is 13.1. The van der Waals surface area contributed by atoms with Gasteiger partial charge in [0.2, 0.25) is 5.95 Å². The number of rotatable bonds is 8. The van der Waals surface area contributed by atoms with Crippen molar-refractivity contribution in [3.05, 3.63) is 63.4 Å². The summed E-state index contributed by atoms with van der Waals surface area (Å²) in [5.41, 5.74) is 2.60. The Morgan fingerprint density at radius 1 is 1.11 bits per heavy atom. The smallest absolute Gasteiger partial charge is 0.258 e. The third kappa shape index (κ3) is 6.48. The molecule has 2 N–H and O–H groups in total. The van der Waals surface area contributed by atoms with Crippen LogP contribution >= 0.6 is 23.2 Å². The lowest BCUT2D eigenvalue weighted by molar-refractivity contribution is 0.102. The molecule has 11 heteroatoms. The van der Waals surface area contributed by atoms with E-state index in [1.807, 2.05) is 25.1 Å². The van der Waals surface area contributed by atoms with Gasteiger partial charge in [0.15, 0.2) is 0 Å². The van der Waals surface area contributed by atoms with Gasteiger partial charge in [-0.15, -0.1) is 0 Å². The van der Waals surface area contributed by atoms with Crippen LogP contribution in [0.25, 0.3) is 0 Å². The molecule has 1 amide bonds. The number of pyridine rings is 1. The van der Waals surface area contributed by atoms with Gasteiger partial charge in [0.1, 0.15) is 11.6 Å². The van der Waals surface area contributed by atoms with Gasteiger partial charge in [0.25, 0.3) is 5.91 Å². The van der Waals surface area contributed by atoms with Gasteiger partial charge >= 0.3 is 0 Å². The molecular weight excluding hydrogens is 513 g/mol. The van der Waals surface area contributed by atoms with Crippen LogP contribution in [-0.2, 0) is 11.3 Å². The first kappa shape index (κ1) is 25.7. The van der Waals surface area contributed by atoms with E-state index < -0.39 is 0 Å². The number of aromatic nitrogens is 3. The molecule has 1 aliphatic heterocycles. The van der Waals surface area contributed by atoms with Crippen LogP contribution in [0.4, 0.5) is 23.3 Å². The fraction of sp³-hybridized carbons (Fsp3) is 0.385. The summed E-state index contributed by atoms with van der Waals surface area (Å²) in [4.78, 5) is 31.0. The number of amides is 1. The van der Waals surface area contributed by atoms with Crippen LogP contribution < -0.4 is 15.5 Å². The van der Waals surface area contributed by atoms with E-state index in [0.29, 0.717) is 52.6 Å². The lowest BCUT2D eigenvalue weighted by Crippen LogP contribution is -2.37. The topological polar surface area (TPSA) is 95.5 Å². The highest BCUT2D eigenvalue weighted by Crippen LogP contribution is 2.31. The van der Waals surface area contributed by atoms with E-state index in [0.717, 1.165) is 30.9 Å². The van der Waals surface area contributed by atoms with E-state index in [1.165, 1.54) is 12.8 Å². The molecule has 1 saturated carbocycles. The summed E-state index contributed by atoms with van der Waals surface area (Å²) in [6.07, 6.45) is 4.04. The van der Waals surface area contributed by atoms with Crippen LogP contribution in [0.1, 0.15) is 34.5 Å². The number of anilines is 4. The lowest BCUT2D eigenvalue weighted by Gasteiger charge is -2.27. The quantitative estimate of drug-likeness (QED) is 0.415. The molecule has 37 heavy (non-hydrogen) atoms. The molecule has 0 atom stereocenters. The second-order valence-electron chi connectivity index (χ2n) is 9.38. The van der Waals surface area contributed by atoms with Gasteiger partial charge in [-0.2, -0.15) is 4.98 Å². The molecule has 3 heterocycles. The summed E-state index contributed by atoms with van der Waals surface area (Å²) in [7, 11) is 2.08. The van der Waals surface area contributed by atoms with Crippen molar-refractivity contribution in [2.24, 2.45) is 0 Å². The Morgan fingerprint density at radius 2 is 1.84 bits per heavy atom. The minimum atomic E-state index is -0.387. The van der Waals surface area contributed by atoms with Gasteiger partial charge in [-0.05, 0) is 50.6 Å². The fourth-order valence-electron chi connectivity index (χ4n) is 4.29. The second-order valence-corrected chi connectivity index (χ2v) is 10.2. The molecular formula is C26H29Cl2N7O2. The third-order valence-corrected chi connectivity index (χ3v) is 6.94. The van der Waals surface area contributed by atoms with Crippen molar-refractivity contribution in [3.8, 4) is 0 Å². The Morgan fingerprint density at radius 3 is 2.54 bits per heavy atom. The number of ether oxygens (including phenoxy) is 1. The number of morpholine rings is 1. The summed E-state index contributed by atoms with van der Waals surface area (Å²) in [5.74, 6) is 1.40. The Hall–Kier alpha value is -2.98. The Kier molecular flexibility index (Phi) is 7.76. The van der Waals surface area contributed by atoms with E-state index in [-0.39, 0.29) is 11.5 Å². The molecule has 0 bridgehead atoms. The predicted octanol–water partition coefficient (Wildman–Crippen LogP) is 4.91. The maximum Gasteiger partial charge on any atom is 0.258 e. The highest BCUT2D eigenvalue weighted by Gasteiger charge is 2.26. The summed E-state index contributed by atoms with van der Waals surface area (Å²) in [6, 6.07) is 9.51. The van der Waals surface area contributed by atoms with E-state index in [2.05, 4.69) is 42.4 Å². The van der Waals surface area contributed by atoms with Crippen LogP contribution in [-0.4, -0.2) is 65.2 Å². The number of aryl methyl sites for hydroxylation is 1. The number of carbonyl (C=O) groups excluding carboxylic acids is 1. The van der Waals surface area contributed by atoms with Crippen LogP contribution in [0.5, 0.6) is 0 Å². The van der Waals surface area contributed by atoms with Crippen molar-refractivity contribution in [2.45, 2.75) is 32.4 Å².